The van der Waals surface area contributed by atoms with Gasteiger partial charge in [-0.25, -0.2) is 4.98 Å². The highest BCUT2D eigenvalue weighted by molar-refractivity contribution is 7.98. The molecule has 4 rings (SSSR count). The summed E-state index contributed by atoms with van der Waals surface area (Å²) in [7, 11) is 0. The van der Waals surface area contributed by atoms with Crippen LogP contribution in [-0.4, -0.2) is 19.7 Å². The fraction of sp³-hybridized carbons (Fsp3) is 0.421. The molecule has 2 aromatic heterocycles. The van der Waals surface area contributed by atoms with Gasteiger partial charge >= 0.3 is 0 Å². The standard InChI is InChI=1S/C19H21ClN4S2/c1-13-22-23-19(24(13)17-5-3-2-4-6-17)26-12-16-11-25-18(21-16)14-7-9-15(20)10-8-14/h7-11,17H,2-6,12H2,1H3. The van der Waals surface area contributed by atoms with E-state index in [-0.39, 0.29) is 0 Å². The van der Waals surface area contributed by atoms with Crippen LogP contribution < -0.4 is 0 Å². The lowest BCUT2D eigenvalue weighted by Gasteiger charge is -2.24. The van der Waals surface area contributed by atoms with Crippen LogP contribution in [0.4, 0.5) is 0 Å². The Morgan fingerprint density at radius 2 is 1.92 bits per heavy atom. The molecule has 4 nitrogen and oxygen atoms in total. The minimum Gasteiger partial charge on any atom is -0.303 e. The molecule has 1 saturated carbocycles. The molecule has 3 aromatic rings. The molecule has 0 saturated heterocycles. The highest BCUT2D eigenvalue weighted by Gasteiger charge is 2.21. The van der Waals surface area contributed by atoms with Gasteiger partial charge < -0.3 is 4.57 Å². The van der Waals surface area contributed by atoms with Gasteiger partial charge in [-0.2, -0.15) is 0 Å². The number of halogens is 1. The maximum absolute atomic E-state index is 5.97. The average Bonchev–Trinajstić information content (AvgIpc) is 3.28. The molecule has 0 bridgehead atoms. The number of thioether (sulfide) groups is 1. The molecule has 0 aliphatic heterocycles. The van der Waals surface area contributed by atoms with Gasteiger partial charge in [0, 0.05) is 27.8 Å². The average molecular weight is 405 g/mol. The van der Waals surface area contributed by atoms with Gasteiger partial charge in [0.1, 0.15) is 10.8 Å². The van der Waals surface area contributed by atoms with Crippen molar-refractivity contribution in [1.82, 2.24) is 19.7 Å². The second-order valence-corrected chi connectivity index (χ2v) is 8.87. The maximum Gasteiger partial charge on any atom is 0.191 e. The van der Waals surface area contributed by atoms with Crippen molar-refractivity contribution in [2.45, 2.75) is 56.0 Å². The quantitative estimate of drug-likeness (QED) is 0.477. The van der Waals surface area contributed by atoms with E-state index < -0.39 is 0 Å². The van der Waals surface area contributed by atoms with Crippen LogP contribution in [-0.2, 0) is 5.75 Å². The highest BCUT2D eigenvalue weighted by atomic mass is 35.5. The van der Waals surface area contributed by atoms with Gasteiger partial charge in [-0.15, -0.1) is 21.5 Å². The van der Waals surface area contributed by atoms with E-state index >= 15 is 0 Å². The third-order valence-electron chi connectivity index (χ3n) is 4.77. The second kappa shape index (κ2) is 8.11. The van der Waals surface area contributed by atoms with E-state index in [9.17, 15) is 0 Å². The van der Waals surface area contributed by atoms with E-state index in [1.807, 2.05) is 24.3 Å². The SMILES string of the molecule is Cc1nnc(SCc2csc(-c3ccc(Cl)cc3)n2)n1C1CCCCC1. The van der Waals surface area contributed by atoms with Crippen LogP contribution in [0.5, 0.6) is 0 Å². The predicted molar refractivity (Wildman–Crippen MR) is 109 cm³/mol. The molecule has 136 valence electrons. The van der Waals surface area contributed by atoms with Gasteiger partial charge in [0.15, 0.2) is 5.16 Å². The summed E-state index contributed by atoms with van der Waals surface area (Å²) in [4.78, 5) is 4.77. The van der Waals surface area contributed by atoms with E-state index in [0.717, 1.165) is 38.0 Å². The Bertz CT molecular complexity index is 866. The molecular weight excluding hydrogens is 384 g/mol. The van der Waals surface area contributed by atoms with Crippen molar-refractivity contribution < 1.29 is 0 Å². The third kappa shape index (κ3) is 3.97. The summed E-state index contributed by atoms with van der Waals surface area (Å²) in [6.45, 7) is 2.06. The second-order valence-electron chi connectivity index (χ2n) is 6.63. The minimum absolute atomic E-state index is 0.557. The normalized spacial score (nSPS) is 15.5. The molecule has 0 spiro atoms. The van der Waals surface area contributed by atoms with Crippen LogP contribution in [0.3, 0.4) is 0 Å². The van der Waals surface area contributed by atoms with Gasteiger partial charge in [0.25, 0.3) is 0 Å². The van der Waals surface area contributed by atoms with Gasteiger partial charge in [-0.1, -0.05) is 54.8 Å². The minimum atomic E-state index is 0.557. The molecule has 1 aromatic carbocycles. The first-order valence-electron chi connectivity index (χ1n) is 8.95. The predicted octanol–water partition coefficient (Wildman–Crippen LogP) is 6.16. The van der Waals surface area contributed by atoms with E-state index in [2.05, 4.69) is 27.1 Å². The van der Waals surface area contributed by atoms with Crippen molar-refractivity contribution in [3.05, 3.63) is 46.2 Å². The fourth-order valence-corrected chi connectivity index (χ4v) is 5.45. The molecule has 1 aliphatic rings. The highest BCUT2D eigenvalue weighted by Crippen LogP contribution is 2.34. The number of rotatable bonds is 5. The van der Waals surface area contributed by atoms with Crippen molar-refractivity contribution in [2.24, 2.45) is 0 Å². The van der Waals surface area contributed by atoms with Gasteiger partial charge in [0.05, 0.1) is 5.69 Å². The van der Waals surface area contributed by atoms with Gasteiger partial charge in [0.2, 0.25) is 0 Å². The summed E-state index contributed by atoms with van der Waals surface area (Å²) in [5, 5.41) is 13.7. The summed E-state index contributed by atoms with van der Waals surface area (Å²) < 4.78 is 2.34. The number of nitrogens with zero attached hydrogens (tertiary/aromatic N) is 4. The number of hydrogen-bond donors (Lipinski definition) is 0. The molecule has 0 atom stereocenters. The van der Waals surface area contributed by atoms with Crippen molar-refractivity contribution in [3.8, 4) is 10.6 Å². The zero-order valence-electron chi connectivity index (χ0n) is 14.7. The summed E-state index contributed by atoms with van der Waals surface area (Å²) in [6.07, 6.45) is 6.45. The Hall–Kier alpha value is -1.37. The van der Waals surface area contributed by atoms with Crippen LogP contribution in [0.2, 0.25) is 5.02 Å². The molecule has 0 radical (unpaired) electrons. The molecule has 7 heteroatoms. The smallest absolute Gasteiger partial charge is 0.191 e. The molecule has 26 heavy (non-hydrogen) atoms. The number of benzene rings is 1. The van der Waals surface area contributed by atoms with Gasteiger partial charge in [-0.3, -0.25) is 0 Å². The first-order valence-corrected chi connectivity index (χ1v) is 11.2. The first-order chi connectivity index (χ1) is 12.7. The monoisotopic (exact) mass is 404 g/mol. The Kier molecular flexibility index (Phi) is 5.62. The zero-order chi connectivity index (χ0) is 17.9. The topological polar surface area (TPSA) is 43.6 Å². The molecule has 0 amide bonds. The lowest BCUT2D eigenvalue weighted by molar-refractivity contribution is 0.332. The number of aryl methyl sites for hydroxylation is 1. The Morgan fingerprint density at radius 1 is 1.15 bits per heavy atom. The largest absolute Gasteiger partial charge is 0.303 e. The lowest BCUT2D eigenvalue weighted by atomic mass is 9.95. The molecule has 2 heterocycles. The van der Waals surface area contributed by atoms with Crippen LogP contribution in [0.1, 0.15) is 49.7 Å². The van der Waals surface area contributed by atoms with E-state index in [4.69, 9.17) is 16.6 Å². The molecule has 0 unspecified atom stereocenters. The van der Waals surface area contributed by atoms with Crippen molar-refractivity contribution >= 4 is 34.7 Å². The van der Waals surface area contributed by atoms with Crippen molar-refractivity contribution in [1.29, 1.82) is 0 Å². The number of aromatic nitrogens is 4. The zero-order valence-corrected chi connectivity index (χ0v) is 17.1. The Morgan fingerprint density at radius 3 is 2.69 bits per heavy atom. The molecule has 1 aliphatic carbocycles. The summed E-state index contributed by atoms with van der Waals surface area (Å²) in [5.41, 5.74) is 2.19. The maximum atomic E-state index is 5.97. The summed E-state index contributed by atoms with van der Waals surface area (Å²) in [6, 6.07) is 8.40. The third-order valence-corrected chi connectivity index (χ3v) is 6.94. The van der Waals surface area contributed by atoms with Crippen LogP contribution in [0.25, 0.3) is 10.6 Å². The van der Waals surface area contributed by atoms with E-state index in [1.54, 1.807) is 23.1 Å². The molecular formula is C19H21ClN4S2. The van der Waals surface area contributed by atoms with Crippen LogP contribution >= 0.6 is 34.7 Å². The Labute approximate surface area is 167 Å². The molecule has 1 fully saturated rings. The summed E-state index contributed by atoms with van der Waals surface area (Å²) in [5.74, 6) is 1.84. The first kappa shape index (κ1) is 18.0. The summed E-state index contributed by atoms with van der Waals surface area (Å²) >= 11 is 9.38. The Balaban J connectivity index is 1.46. The molecule has 0 N–H and O–H groups in total. The number of thiazole rings is 1. The van der Waals surface area contributed by atoms with Crippen LogP contribution in [0.15, 0.2) is 34.8 Å². The van der Waals surface area contributed by atoms with Gasteiger partial charge in [-0.05, 0) is 31.9 Å². The fourth-order valence-electron chi connectivity index (χ4n) is 3.44. The van der Waals surface area contributed by atoms with Crippen molar-refractivity contribution in [2.75, 3.05) is 0 Å². The van der Waals surface area contributed by atoms with Crippen LogP contribution in [0, 0.1) is 6.92 Å². The van der Waals surface area contributed by atoms with E-state index in [1.165, 1.54) is 32.1 Å². The number of hydrogen-bond acceptors (Lipinski definition) is 5. The lowest BCUT2D eigenvalue weighted by Crippen LogP contribution is -2.15. The van der Waals surface area contributed by atoms with E-state index in [0.29, 0.717) is 6.04 Å². The van der Waals surface area contributed by atoms with Crippen molar-refractivity contribution in [3.63, 3.8) is 0 Å².